The van der Waals surface area contributed by atoms with Gasteiger partial charge >= 0.3 is 5.97 Å². The third-order valence-electron chi connectivity index (χ3n) is 1.78. The van der Waals surface area contributed by atoms with Crippen molar-refractivity contribution in [1.29, 1.82) is 0 Å². The lowest BCUT2D eigenvalue weighted by molar-refractivity contribution is 0.0697. The van der Waals surface area contributed by atoms with Crippen molar-refractivity contribution >= 4 is 5.97 Å². The number of hydrogen-bond donors (Lipinski definition) is 1. The van der Waals surface area contributed by atoms with E-state index >= 15 is 0 Å². The summed E-state index contributed by atoms with van der Waals surface area (Å²) in [6, 6.07) is 6.37. The molecule has 0 radical (unpaired) electrons. The monoisotopic (exact) mass is 189 g/mol. The van der Waals surface area contributed by atoms with Crippen LogP contribution in [-0.2, 0) is 0 Å². The highest BCUT2D eigenvalue weighted by molar-refractivity contribution is 5.88. The van der Waals surface area contributed by atoms with E-state index in [-0.39, 0.29) is 5.56 Å². The molecular formula is C10H7NO3. The summed E-state index contributed by atoms with van der Waals surface area (Å²) in [5.74, 6) is -0.409. The Morgan fingerprint density at radius 3 is 2.93 bits per heavy atom. The molecule has 0 aliphatic heterocycles. The van der Waals surface area contributed by atoms with Crippen LogP contribution in [0.3, 0.4) is 0 Å². The van der Waals surface area contributed by atoms with Crippen LogP contribution >= 0.6 is 0 Å². The van der Waals surface area contributed by atoms with Gasteiger partial charge in [0.1, 0.15) is 5.69 Å². The second-order valence-electron chi connectivity index (χ2n) is 2.71. The Balaban J connectivity index is 2.46. The zero-order valence-electron chi connectivity index (χ0n) is 7.18. The molecule has 0 aliphatic carbocycles. The van der Waals surface area contributed by atoms with E-state index in [1.807, 2.05) is 0 Å². The lowest BCUT2D eigenvalue weighted by atomic mass is 10.2. The first-order chi connectivity index (χ1) is 6.77. The average Bonchev–Trinajstić information content (AvgIpc) is 2.71. The van der Waals surface area contributed by atoms with Gasteiger partial charge in [0.25, 0.3) is 0 Å². The average molecular weight is 189 g/mol. The van der Waals surface area contributed by atoms with Crippen LogP contribution in [-0.4, -0.2) is 16.1 Å². The molecule has 0 amide bonds. The number of carbonyl (C=O) groups is 1. The highest BCUT2D eigenvalue weighted by atomic mass is 16.4. The normalized spacial score (nSPS) is 10.0. The van der Waals surface area contributed by atoms with Crippen molar-refractivity contribution < 1.29 is 14.3 Å². The van der Waals surface area contributed by atoms with Crippen molar-refractivity contribution in [3.8, 4) is 11.5 Å². The molecular weight excluding hydrogens is 182 g/mol. The van der Waals surface area contributed by atoms with Crippen molar-refractivity contribution in [2.75, 3.05) is 0 Å². The summed E-state index contributed by atoms with van der Waals surface area (Å²) in [5, 5.41) is 8.75. The molecule has 0 aromatic carbocycles. The number of furan rings is 1. The van der Waals surface area contributed by atoms with E-state index in [9.17, 15) is 4.79 Å². The molecule has 0 aliphatic rings. The molecule has 2 heterocycles. The molecule has 0 spiro atoms. The van der Waals surface area contributed by atoms with Gasteiger partial charge in [-0.3, -0.25) is 4.98 Å². The molecule has 0 fully saturated rings. The SMILES string of the molecule is O=C(O)c1ccnc(-c2ccco2)c1. The van der Waals surface area contributed by atoms with Crippen LogP contribution in [0.15, 0.2) is 41.1 Å². The minimum absolute atomic E-state index is 0.200. The number of aromatic carboxylic acids is 1. The van der Waals surface area contributed by atoms with Crippen molar-refractivity contribution in [2.24, 2.45) is 0 Å². The van der Waals surface area contributed by atoms with Crippen LogP contribution in [0.25, 0.3) is 11.5 Å². The van der Waals surface area contributed by atoms with Crippen molar-refractivity contribution in [1.82, 2.24) is 4.98 Å². The first-order valence-corrected chi connectivity index (χ1v) is 4.00. The molecule has 0 unspecified atom stereocenters. The van der Waals surface area contributed by atoms with E-state index in [2.05, 4.69) is 4.98 Å². The number of aromatic nitrogens is 1. The quantitative estimate of drug-likeness (QED) is 0.785. The smallest absolute Gasteiger partial charge is 0.335 e. The van der Waals surface area contributed by atoms with Crippen LogP contribution in [0.5, 0.6) is 0 Å². The summed E-state index contributed by atoms with van der Waals surface area (Å²) >= 11 is 0. The molecule has 0 saturated carbocycles. The second kappa shape index (κ2) is 3.33. The van der Waals surface area contributed by atoms with Crippen LogP contribution in [0.2, 0.25) is 0 Å². The van der Waals surface area contributed by atoms with E-state index in [0.29, 0.717) is 11.5 Å². The Labute approximate surface area is 79.8 Å². The third kappa shape index (κ3) is 1.50. The Kier molecular flexibility index (Phi) is 2.02. The summed E-state index contributed by atoms with van der Waals surface area (Å²) in [5.41, 5.74) is 0.723. The summed E-state index contributed by atoms with van der Waals surface area (Å²) in [6.45, 7) is 0. The fourth-order valence-corrected chi connectivity index (χ4v) is 1.12. The zero-order valence-corrected chi connectivity index (χ0v) is 7.18. The summed E-state index contributed by atoms with van der Waals surface area (Å²) in [4.78, 5) is 14.7. The number of hydrogen-bond acceptors (Lipinski definition) is 3. The fraction of sp³-hybridized carbons (Fsp3) is 0. The van der Waals surface area contributed by atoms with Crippen molar-refractivity contribution in [3.63, 3.8) is 0 Å². The Bertz CT molecular complexity index is 448. The maximum Gasteiger partial charge on any atom is 0.335 e. The highest BCUT2D eigenvalue weighted by Crippen LogP contribution is 2.17. The van der Waals surface area contributed by atoms with Crippen LogP contribution in [0, 0.1) is 0 Å². The topological polar surface area (TPSA) is 63.3 Å². The maximum atomic E-state index is 10.7. The van der Waals surface area contributed by atoms with Gasteiger partial charge in [-0.15, -0.1) is 0 Å². The molecule has 2 aromatic rings. The zero-order chi connectivity index (χ0) is 9.97. The first-order valence-electron chi connectivity index (χ1n) is 4.00. The van der Waals surface area contributed by atoms with E-state index < -0.39 is 5.97 Å². The van der Waals surface area contributed by atoms with Crippen LogP contribution in [0.1, 0.15) is 10.4 Å². The Hall–Kier alpha value is -2.10. The van der Waals surface area contributed by atoms with E-state index in [1.54, 1.807) is 12.1 Å². The fourth-order valence-electron chi connectivity index (χ4n) is 1.12. The van der Waals surface area contributed by atoms with Crippen molar-refractivity contribution in [3.05, 3.63) is 42.3 Å². The van der Waals surface area contributed by atoms with Crippen LogP contribution in [0.4, 0.5) is 0 Å². The Morgan fingerprint density at radius 1 is 1.43 bits per heavy atom. The van der Waals surface area contributed by atoms with Gasteiger partial charge in [0.05, 0.1) is 11.8 Å². The molecule has 2 aromatic heterocycles. The number of rotatable bonds is 2. The largest absolute Gasteiger partial charge is 0.478 e. The molecule has 0 bridgehead atoms. The molecule has 70 valence electrons. The van der Waals surface area contributed by atoms with Gasteiger partial charge in [-0.1, -0.05) is 0 Å². The molecule has 4 nitrogen and oxygen atoms in total. The summed E-state index contributed by atoms with van der Waals surface area (Å²) in [6.07, 6.45) is 2.96. The molecule has 14 heavy (non-hydrogen) atoms. The first kappa shape index (κ1) is 8.50. The van der Waals surface area contributed by atoms with Crippen LogP contribution < -0.4 is 0 Å². The van der Waals surface area contributed by atoms with Gasteiger partial charge in [-0.05, 0) is 24.3 Å². The lowest BCUT2D eigenvalue weighted by Crippen LogP contribution is -1.96. The highest BCUT2D eigenvalue weighted by Gasteiger charge is 2.06. The molecule has 4 heteroatoms. The third-order valence-corrected chi connectivity index (χ3v) is 1.78. The predicted molar refractivity (Wildman–Crippen MR) is 48.9 cm³/mol. The van der Waals surface area contributed by atoms with Gasteiger partial charge in [0.15, 0.2) is 5.76 Å². The standard InChI is InChI=1S/C10H7NO3/c12-10(13)7-3-4-11-8(6-7)9-2-1-5-14-9/h1-6H,(H,12,13). The van der Waals surface area contributed by atoms with Gasteiger partial charge in [0.2, 0.25) is 0 Å². The number of carboxylic acid groups (broad SMARTS) is 1. The van der Waals surface area contributed by atoms with E-state index in [1.165, 1.54) is 24.6 Å². The van der Waals surface area contributed by atoms with Gasteiger partial charge in [0, 0.05) is 6.20 Å². The minimum atomic E-state index is -0.972. The van der Waals surface area contributed by atoms with Crippen molar-refractivity contribution in [2.45, 2.75) is 0 Å². The maximum absolute atomic E-state index is 10.7. The second-order valence-corrected chi connectivity index (χ2v) is 2.71. The number of carboxylic acids is 1. The molecule has 2 rings (SSSR count). The lowest BCUT2D eigenvalue weighted by Gasteiger charge is -1.97. The predicted octanol–water partition coefficient (Wildman–Crippen LogP) is 2.04. The van der Waals surface area contributed by atoms with Gasteiger partial charge < -0.3 is 9.52 Å². The van der Waals surface area contributed by atoms with Gasteiger partial charge in [-0.25, -0.2) is 4.79 Å². The van der Waals surface area contributed by atoms with E-state index in [0.717, 1.165) is 0 Å². The molecule has 0 saturated heterocycles. The van der Waals surface area contributed by atoms with Gasteiger partial charge in [-0.2, -0.15) is 0 Å². The van der Waals surface area contributed by atoms with E-state index in [4.69, 9.17) is 9.52 Å². The summed E-state index contributed by atoms with van der Waals surface area (Å²) in [7, 11) is 0. The minimum Gasteiger partial charge on any atom is -0.478 e. The summed E-state index contributed by atoms with van der Waals surface area (Å²) < 4.78 is 5.10. The number of pyridine rings is 1. The Morgan fingerprint density at radius 2 is 2.29 bits per heavy atom. The number of nitrogens with zero attached hydrogens (tertiary/aromatic N) is 1. The molecule has 0 atom stereocenters. The molecule has 1 N–H and O–H groups in total.